The van der Waals surface area contributed by atoms with Gasteiger partial charge in [-0.25, -0.2) is 0 Å². The van der Waals surface area contributed by atoms with Crippen molar-refractivity contribution >= 4 is 53.0 Å². The van der Waals surface area contributed by atoms with E-state index in [1.165, 1.54) is 22.4 Å². The van der Waals surface area contributed by atoms with Gasteiger partial charge < -0.3 is 16.4 Å². The van der Waals surface area contributed by atoms with E-state index in [0.717, 1.165) is 31.2 Å². The monoisotopic (exact) mass is 416 g/mol. The zero-order valence-corrected chi connectivity index (χ0v) is 16.6. The maximum absolute atomic E-state index is 12.6. The van der Waals surface area contributed by atoms with Crippen molar-refractivity contribution in [1.82, 2.24) is 10.3 Å². The second-order valence-corrected chi connectivity index (χ2v) is 6.76. The maximum Gasteiger partial charge on any atom is 0.257 e. The molecule has 9 heteroatoms. The highest BCUT2D eigenvalue weighted by Gasteiger charge is 2.26. The van der Waals surface area contributed by atoms with Gasteiger partial charge in [0.1, 0.15) is 5.00 Å². The number of nitrogens with zero attached hydrogens (tertiary/aromatic N) is 1. The normalized spacial score (nSPS) is 12.2. The van der Waals surface area contributed by atoms with Gasteiger partial charge in [0, 0.05) is 30.4 Å². The molecule has 0 radical (unpaired) electrons. The summed E-state index contributed by atoms with van der Waals surface area (Å²) in [6.45, 7) is 0.800. The smallest absolute Gasteiger partial charge is 0.257 e. The summed E-state index contributed by atoms with van der Waals surface area (Å²) in [5.41, 5.74) is 7.61. The number of carbonyl (C=O) groups excluding carboxylic acids is 2. The first-order valence-electron chi connectivity index (χ1n) is 8.05. The number of nitrogens with two attached hydrogens (primary N) is 1. The topological polar surface area (TPSA) is 97.1 Å². The summed E-state index contributed by atoms with van der Waals surface area (Å²) in [6.07, 6.45) is 7.15. The molecule has 0 atom stereocenters. The van der Waals surface area contributed by atoms with Crippen LogP contribution in [0.1, 0.15) is 44.0 Å². The van der Waals surface area contributed by atoms with Crippen molar-refractivity contribution in [3.05, 3.63) is 46.1 Å². The van der Waals surface area contributed by atoms with Gasteiger partial charge in [0.15, 0.2) is 0 Å². The van der Waals surface area contributed by atoms with E-state index >= 15 is 0 Å². The Balaban J connectivity index is 0.00000169. The van der Waals surface area contributed by atoms with E-state index in [2.05, 4.69) is 15.6 Å². The van der Waals surface area contributed by atoms with Crippen molar-refractivity contribution < 1.29 is 9.59 Å². The molecule has 1 aliphatic rings. The molecule has 1 aliphatic carbocycles. The minimum atomic E-state index is -0.255. The van der Waals surface area contributed by atoms with Crippen LogP contribution in [-0.2, 0) is 12.8 Å². The third kappa shape index (κ3) is 4.94. The van der Waals surface area contributed by atoms with Crippen LogP contribution in [0.4, 0.5) is 5.00 Å². The number of thiophene rings is 1. The lowest BCUT2D eigenvalue weighted by Crippen LogP contribution is -2.30. The SMILES string of the molecule is Cl.Cl.NCCNC(=O)c1c(NC(=O)c2cccnc2)sc2c1CCCC2. The number of pyridine rings is 1. The molecule has 0 bridgehead atoms. The molecule has 0 spiro atoms. The van der Waals surface area contributed by atoms with Gasteiger partial charge in [-0.3, -0.25) is 14.6 Å². The molecule has 4 N–H and O–H groups in total. The third-order valence-corrected chi connectivity index (χ3v) is 5.19. The highest BCUT2D eigenvalue weighted by atomic mass is 35.5. The molecular formula is C17H22Cl2N4O2S. The number of carbonyl (C=O) groups is 2. The predicted molar refractivity (Wildman–Crippen MR) is 109 cm³/mol. The van der Waals surface area contributed by atoms with E-state index in [-0.39, 0.29) is 36.6 Å². The fourth-order valence-electron chi connectivity index (χ4n) is 2.84. The number of amides is 2. The molecule has 2 aromatic heterocycles. The summed E-state index contributed by atoms with van der Waals surface area (Å²) in [6, 6.07) is 3.41. The van der Waals surface area contributed by atoms with Gasteiger partial charge in [-0.1, -0.05) is 0 Å². The average molecular weight is 417 g/mol. The molecule has 6 nitrogen and oxygen atoms in total. The molecule has 142 valence electrons. The van der Waals surface area contributed by atoms with E-state index in [4.69, 9.17) is 5.73 Å². The number of anilines is 1. The molecular weight excluding hydrogens is 395 g/mol. The van der Waals surface area contributed by atoms with Crippen molar-refractivity contribution in [2.45, 2.75) is 25.7 Å². The van der Waals surface area contributed by atoms with Crippen LogP contribution >= 0.6 is 36.2 Å². The summed E-state index contributed by atoms with van der Waals surface area (Å²) in [5, 5.41) is 6.32. The highest BCUT2D eigenvalue weighted by molar-refractivity contribution is 7.17. The highest BCUT2D eigenvalue weighted by Crippen LogP contribution is 2.38. The Bertz CT molecular complexity index is 753. The number of hydrogen-bond donors (Lipinski definition) is 3. The molecule has 0 unspecified atom stereocenters. The minimum absolute atomic E-state index is 0. The van der Waals surface area contributed by atoms with Crippen LogP contribution in [-0.4, -0.2) is 29.9 Å². The average Bonchev–Trinajstić information content (AvgIpc) is 2.98. The number of aryl methyl sites for hydroxylation is 1. The Morgan fingerprint density at radius 1 is 1.19 bits per heavy atom. The van der Waals surface area contributed by atoms with Crippen LogP contribution in [0.3, 0.4) is 0 Å². The van der Waals surface area contributed by atoms with Crippen molar-refractivity contribution in [3.63, 3.8) is 0 Å². The van der Waals surface area contributed by atoms with Crippen LogP contribution in [0.2, 0.25) is 0 Å². The van der Waals surface area contributed by atoms with Crippen molar-refractivity contribution in [2.75, 3.05) is 18.4 Å². The van der Waals surface area contributed by atoms with E-state index in [1.807, 2.05) is 0 Å². The van der Waals surface area contributed by atoms with Gasteiger partial charge in [0.25, 0.3) is 11.8 Å². The Labute approximate surface area is 168 Å². The van der Waals surface area contributed by atoms with E-state index < -0.39 is 0 Å². The molecule has 3 rings (SSSR count). The Morgan fingerprint density at radius 3 is 2.65 bits per heavy atom. The predicted octanol–water partition coefficient (Wildman–Crippen LogP) is 2.81. The molecule has 0 aromatic carbocycles. The third-order valence-electron chi connectivity index (χ3n) is 3.98. The second-order valence-electron chi connectivity index (χ2n) is 5.66. The van der Waals surface area contributed by atoms with E-state index in [1.54, 1.807) is 18.3 Å². The molecule has 26 heavy (non-hydrogen) atoms. The number of rotatable bonds is 5. The molecule has 0 fully saturated rings. The molecule has 2 amide bonds. The zero-order chi connectivity index (χ0) is 16.9. The fraction of sp³-hybridized carbons (Fsp3) is 0.353. The van der Waals surface area contributed by atoms with Crippen LogP contribution in [0.15, 0.2) is 24.5 Å². The minimum Gasteiger partial charge on any atom is -0.351 e. The fourth-order valence-corrected chi connectivity index (χ4v) is 4.12. The van der Waals surface area contributed by atoms with Gasteiger partial charge in [-0.2, -0.15) is 0 Å². The zero-order valence-electron chi connectivity index (χ0n) is 14.1. The maximum atomic E-state index is 12.6. The van der Waals surface area contributed by atoms with Crippen molar-refractivity contribution in [2.24, 2.45) is 5.73 Å². The molecule has 0 aliphatic heterocycles. The lowest BCUT2D eigenvalue weighted by molar-refractivity contribution is 0.0955. The van der Waals surface area contributed by atoms with Gasteiger partial charge >= 0.3 is 0 Å². The van der Waals surface area contributed by atoms with Gasteiger partial charge in [0.05, 0.1) is 11.1 Å². The van der Waals surface area contributed by atoms with Crippen molar-refractivity contribution in [1.29, 1.82) is 0 Å². The molecule has 0 saturated heterocycles. The first-order valence-corrected chi connectivity index (χ1v) is 8.86. The molecule has 2 heterocycles. The first-order chi connectivity index (χ1) is 11.7. The van der Waals surface area contributed by atoms with Crippen LogP contribution in [0.5, 0.6) is 0 Å². The lowest BCUT2D eigenvalue weighted by Gasteiger charge is -2.13. The van der Waals surface area contributed by atoms with Crippen LogP contribution in [0.25, 0.3) is 0 Å². The molecule has 2 aromatic rings. The number of aromatic nitrogens is 1. The number of nitrogens with one attached hydrogen (secondary N) is 2. The number of fused-ring (bicyclic) bond motifs is 1. The largest absolute Gasteiger partial charge is 0.351 e. The van der Waals surface area contributed by atoms with Crippen LogP contribution in [0, 0.1) is 0 Å². The van der Waals surface area contributed by atoms with Crippen molar-refractivity contribution in [3.8, 4) is 0 Å². The van der Waals surface area contributed by atoms with E-state index in [0.29, 0.717) is 29.2 Å². The summed E-state index contributed by atoms with van der Waals surface area (Å²) < 4.78 is 0. The van der Waals surface area contributed by atoms with Gasteiger partial charge in [0.2, 0.25) is 0 Å². The standard InChI is InChI=1S/C17H20N4O2S.2ClH/c18-7-9-20-16(23)14-12-5-1-2-6-13(12)24-17(14)21-15(22)11-4-3-8-19-10-11;;/h3-4,8,10H,1-2,5-7,9,18H2,(H,20,23)(H,21,22);2*1H. The summed E-state index contributed by atoms with van der Waals surface area (Å²) in [7, 11) is 0. The van der Waals surface area contributed by atoms with Crippen LogP contribution < -0.4 is 16.4 Å². The number of halogens is 2. The summed E-state index contributed by atoms with van der Waals surface area (Å²) >= 11 is 1.50. The second kappa shape index (κ2) is 10.5. The Morgan fingerprint density at radius 2 is 1.96 bits per heavy atom. The van der Waals surface area contributed by atoms with E-state index in [9.17, 15) is 9.59 Å². The summed E-state index contributed by atoms with van der Waals surface area (Å²) in [5.74, 6) is -0.420. The molecule has 0 saturated carbocycles. The van der Waals surface area contributed by atoms with Gasteiger partial charge in [-0.05, 0) is 43.4 Å². The Kier molecular flexibility index (Phi) is 9.01. The summed E-state index contributed by atoms with van der Waals surface area (Å²) in [4.78, 5) is 30.1. The number of hydrogen-bond acceptors (Lipinski definition) is 5. The Hall–Kier alpha value is -1.67. The quantitative estimate of drug-likeness (QED) is 0.697. The lowest BCUT2D eigenvalue weighted by atomic mass is 9.95. The first kappa shape index (κ1) is 22.4. The van der Waals surface area contributed by atoms with Gasteiger partial charge in [-0.15, -0.1) is 36.2 Å².